The molecule has 1 fully saturated rings. The van der Waals surface area contributed by atoms with Crippen LogP contribution in [0.25, 0.3) is 0 Å². The van der Waals surface area contributed by atoms with Crippen molar-refractivity contribution in [2.45, 2.75) is 71.9 Å². The van der Waals surface area contributed by atoms with E-state index >= 15 is 0 Å². The van der Waals surface area contributed by atoms with E-state index < -0.39 is 6.04 Å². The molecule has 0 radical (unpaired) electrons. The van der Waals surface area contributed by atoms with E-state index in [4.69, 9.17) is 0 Å². The molecule has 2 aliphatic heterocycles. The van der Waals surface area contributed by atoms with Crippen molar-refractivity contribution >= 4 is 17.7 Å². The molecule has 0 aromatic heterocycles. The summed E-state index contributed by atoms with van der Waals surface area (Å²) in [6, 6.07) is 7.66. The van der Waals surface area contributed by atoms with Crippen LogP contribution in [0.15, 0.2) is 24.3 Å². The topological polar surface area (TPSA) is 60.9 Å². The lowest BCUT2D eigenvalue weighted by Crippen LogP contribution is -2.55. The van der Waals surface area contributed by atoms with Gasteiger partial charge in [-0.15, -0.1) is 0 Å². The smallest absolute Gasteiger partial charge is 0.245 e. The molecule has 1 saturated heterocycles. The van der Waals surface area contributed by atoms with Gasteiger partial charge < -0.3 is 14.7 Å². The summed E-state index contributed by atoms with van der Waals surface area (Å²) < 4.78 is 0. The van der Waals surface area contributed by atoms with Gasteiger partial charge in [-0.3, -0.25) is 14.4 Å². The first-order valence-corrected chi connectivity index (χ1v) is 12.2. The number of rotatable bonds is 7. The Morgan fingerprint density at radius 2 is 1.75 bits per heavy atom. The highest BCUT2D eigenvalue weighted by Gasteiger charge is 2.38. The molecule has 0 bridgehead atoms. The van der Waals surface area contributed by atoms with Crippen LogP contribution in [-0.4, -0.2) is 65.1 Å². The van der Waals surface area contributed by atoms with Crippen LogP contribution in [0.5, 0.6) is 0 Å². The summed E-state index contributed by atoms with van der Waals surface area (Å²) in [5, 5.41) is 0. The fraction of sp³-hybridized carbons (Fsp3) is 0.654. The summed E-state index contributed by atoms with van der Waals surface area (Å²) in [7, 11) is 1.88. The molecule has 32 heavy (non-hydrogen) atoms. The Labute approximate surface area is 192 Å². The van der Waals surface area contributed by atoms with Gasteiger partial charge in [0.25, 0.3) is 0 Å². The molecule has 1 unspecified atom stereocenters. The van der Waals surface area contributed by atoms with Gasteiger partial charge in [-0.25, -0.2) is 0 Å². The van der Waals surface area contributed by atoms with Crippen LogP contribution < -0.4 is 0 Å². The number of carbonyl (C=O) groups excluding carboxylic acids is 3. The van der Waals surface area contributed by atoms with E-state index in [1.807, 2.05) is 42.8 Å². The van der Waals surface area contributed by atoms with Crippen molar-refractivity contribution in [3.05, 3.63) is 35.4 Å². The third kappa shape index (κ3) is 5.70. The number of amides is 3. The van der Waals surface area contributed by atoms with E-state index in [1.54, 1.807) is 4.90 Å². The number of nitrogens with zero attached hydrogens (tertiary/aromatic N) is 3. The van der Waals surface area contributed by atoms with Crippen molar-refractivity contribution in [1.82, 2.24) is 14.7 Å². The number of carbonyl (C=O) groups is 3. The van der Waals surface area contributed by atoms with Gasteiger partial charge in [-0.1, -0.05) is 51.5 Å². The van der Waals surface area contributed by atoms with Crippen LogP contribution in [-0.2, 0) is 27.3 Å². The van der Waals surface area contributed by atoms with Crippen LogP contribution in [0.1, 0.15) is 64.0 Å². The number of benzene rings is 1. The molecule has 2 heterocycles. The molecule has 0 N–H and O–H groups in total. The molecule has 6 nitrogen and oxygen atoms in total. The van der Waals surface area contributed by atoms with Crippen molar-refractivity contribution < 1.29 is 14.4 Å². The zero-order valence-corrected chi connectivity index (χ0v) is 20.2. The van der Waals surface area contributed by atoms with Crippen LogP contribution >= 0.6 is 0 Å². The average Bonchev–Trinajstić information content (AvgIpc) is 2.80. The summed E-state index contributed by atoms with van der Waals surface area (Å²) in [5.41, 5.74) is 2.29. The lowest BCUT2D eigenvalue weighted by Gasteiger charge is -2.41. The minimum Gasteiger partial charge on any atom is -0.346 e. The number of piperidine rings is 1. The molecule has 1 aromatic carbocycles. The number of likely N-dealkylation sites (tertiary alicyclic amines) is 1. The second-order valence-corrected chi connectivity index (χ2v) is 9.82. The third-order valence-corrected chi connectivity index (χ3v) is 6.82. The van der Waals surface area contributed by atoms with Crippen molar-refractivity contribution in [3.8, 4) is 0 Å². The Balaban J connectivity index is 1.67. The van der Waals surface area contributed by atoms with Crippen LogP contribution in [0.2, 0.25) is 0 Å². The van der Waals surface area contributed by atoms with Gasteiger partial charge in [0.2, 0.25) is 17.7 Å². The molecule has 0 saturated carbocycles. The van der Waals surface area contributed by atoms with Crippen molar-refractivity contribution in [3.63, 3.8) is 0 Å². The highest BCUT2D eigenvalue weighted by molar-refractivity contribution is 5.89. The molecule has 0 aliphatic carbocycles. The van der Waals surface area contributed by atoms with Crippen LogP contribution in [0, 0.1) is 11.8 Å². The predicted octanol–water partition coefficient (Wildman–Crippen LogP) is 3.48. The van der Waals surface area contributed by atoms with Gasteiger partial charge in [-0.2, -0.15) is 0 Å². The number of unbranched alkanes of at least 4 members (excludes halogenated alkanes) is 1. The molecule has 0 spiro atoms. The van der Waals surface area contributed by atoms with Crippen molar-refractivity contribution in [1.29, 1.82) is 0 Å². The standard InChI is InChI=1S/C26H39N3O3/c1-5-6-13-27(4)25(31)20-11-14-28(15-12-20)26(32)23-17-21-9-7-8-10-22(21)18-29(23)24(30)16-19(2)3/h7-10,19-20,23H,5-6,11-18H2,1-4H3. The molecule has 3 rings (SSSR count). The average molecular weight is 442 g/mol. The maximum atomic E-state index is 13.6. The summed E-state index contributed by atoms with van der Waals surface area (Å²) in [4.78, 5) is 44.8. The van der Waals surface area contributed by atoms with Gasteiger partial charge in [0.1, 0.15) is 6.04 Å². The Morgan fingerprint density at radius 3 is 2.38 bits per heavy atom. The molecule has 6 heteroatoms. The van der Waals surface area contributed by atoms with E-state index in [0.717, 1.165) is 30.5 Å². The quantitative estimate of drug-likeness (QED) is 0.651. The Morgan fingerprint density at radius 1 is 1.09 bits per heavy atom. The van der Waals surface area contributed by atoms with E-state index in [9.17, 15) is 14.4 Å². The summed E-state index contributed by atoms with van der Waals surface area (Å²) in [6.07, 6.45) is 4.50. The molecule has 2 aliphatic rings. The van der Waals surface area contributed by atoms with E-state index in [1.165, 1.54) is 0 Å². The number of hydrogen-bond acceptors (Lipinski definition) is 3. The molecular weight excluding hydrogens is 402 g/mol. The first-order chi connectivity index (χ1) is 15.3. The lowest BCUT2D eigenvalue weighted by molar-refractivity contribution is -0.149. The fourth-order valence-electron chi connectivity index (χ4n) is 4.85. The van der Waals surface area contributed by atoms with E-state index in [0.29, 0.717) is 45.3 Å². The number of fused-ring (bicyclic) bond motifs is 1. The summed E-state index contributed by atoms with van der Waals surface area (Å²) in [6.45, 7) is 8.65. The molecule has 3 amide bonds. The molecule has 176 valence electrons. The van der Waals surface area contributed by atoms with Gasteiger partial charge in [-0.05, 0) is 36.3 Å². The van der Waals surface area contributed by atoms with Gasteiger partial charge in [0.15, 0.2) is 0 Å². The van der Waals surface area contributed by atoms with E-state index in [-0.39, 0.29) is 29.6 Å². The number of hydrogen-bond donors (Lipinski definition) is 0. The zero-order valence-electron chi connectivity index (χ0n) is 20.2. The first kappa shape index (κ1) is 24.3. The Kier molecular flexibility index (Phi) is 8.32. The first-order valence-electron chi connectivity index (χ1n) is 12.2. The minimum absolute atomic E-state index is 0.00772. The summed E-state index contributed by atoms with van der Waals surface area (Å²) in [5.74, 6) is 0.525. The van der Waals surface area contributed by atoms with Crippen molar-refractivity contribution in [2.24, 2.45) is 11.8 Å². The normalized spacial score (nSPS) is 19.1. The van der Waals surface area contributed by atoms with Crippen LogP contribution in [0.4, 0.5) is 0 Å². The fourth-order valence-corrected chi connectivity index (χ4v) is 4.85. The predicted molar refractivity (Wildman–Crippen MR) is 126 cm³/mol. The highest BCUT2D eigenvalue weighted by Crippen LogP contribution is 2.28. The second kappa shape index (κ2) is 11.0. The Hall–Kier alpha value is -2.37. The Bertz CT molecular complexity index is 814. The largest absolute Gasteiger partial charge is 0.346 e. The second-order valence-electron chi connectivity index (χ2n) is 9.82. The van der Waals surface area contributed by atoms with E-state index in [2.05, 4.69) is 19.1 Å². The van der Waals surface area contributed by atoms with Gasteiger partial charge >= 0.3 is 0 Å². The molecule has 1 aromatic rings. The zero-order chi connectivity index (χ0) is 23.3. The van der Waals surface area contributed by atoms with Gasteiger partial charge in [0.05, 0.1) is 0 Å². The third-order valence-electron chi connectivity index (χ3n) is 6.82. The van der Waals surface area contributed by atoms with Gasteiger partial charge in [0, 0.05) is 52.0 Å². The lowest BCUT2D eigenvalue weighted by atomic mass is 9.90. The molecular formula is C26H39N3O3. The maximum Gasteiger partial charge on any atom is 0.245 e. The highest BCUT2D eigenvalue weighted by atomic mass is 16.2. The minimum atomic E-state index is -0.448. The van der Waals surface area contributed by atoms with Crippen molar-refractivity contribution in [2.75, 3.05) is 26.7 Å². The summed E-state index contributed by atoms with van der Waals surface area (Å²) >= 11 is 0. The van der Waals surface area contributed by atoms with Crippen LogP contribution in [0.3, 0.4) is 0 Å². The SMILES string of the molecule is CCCCN(C)C(=O)C1CCN(C(=O)C2Cc3ccccc3CN2C(=O)CC(C)C)CC1. The maximum absolute atomic E-state index is 13.6. The monoisotopic (exact) mass is 441 g/mol. The molecule has 1 atom stereocenters.